The molecular formula is C17H16F3NO4S. The number of nitrogens with zero attached hydrogens (tertiary/aromatic N) is 1. The Morgan fingerprint density at radius 3 is 2.27 bits per heavy atom. The monoisotopic (exact) mass is 387 g/mol. The van der Waals surface area contributed by atoms with E-state index in [-0.39, 0.29) is 10.5 Å². The molecule has 0 fully saturated rings. The topological polar surface area (TPSA) is 74.7 Å². The quantitative estimate of drug-likeness (QED) is 0.827. The van der Waals surface area contributed by atoms with Crippen molar-refractivity contribution >= 4 is 16.0 Å². The smallest absolute Gasteiger partial charge is 0.416 e. The van der Waals surface area contributed by atoms with Crippen LogP contribution in [0, 0.1) is 0 Å². The molecule has 1 N–H and O–H groups in total. The predicted molar refractivity (Wildman–Crippen MR) is 88.0 cm³/mol. The number of rotatable bonds is 6. The van der Waals surface area contributed by atoms with Gasteiger partial charge in [-0.2, -0.15) is 17.5 Å². The average Bonchev–Trinajstić information content (AvgIpc) is 2.59. The van der Waals surface area contributed by atoms with Crippen LogP contribution in [0.1, 0.15) is 11.1 Å². The molecule has 0 bridgehead atoms. The maximum atomic E-state index is 12.8. The third-order valence-electron chi connectivity index (χ3n) is 3.83. The Hall–Kier alpha value is -2.39. The molecule has 0 saturated heterocycles. The number of sulfonamides is 1. The van der Waals surface area contributed by atoms with Gasteiger partial charge in [-0.1, -0.05) is 36.4 Å². The second-order valence-electron chi connectivity index (χ2n) is 5.59. The molecule has 0 aliphatic heterocycles. The first-order valence-corrected chi connectivity index (χ1v) is 8.89. The fourth-order valence-electron chi connectivity index (χ4n) is 2.40. The Morgan fingerprint density at radius 1 is 1.12 bits per heavy atom. The summed E-state index contributed by atoms with van der Waals surface area (Å²) in [7, 11) is -3.02. The van der Waals surface area contributed by atoms with Crippen LogP contribution in [0.2, 0.25) is 0 Å². The maximum Gasteiger partial charge on any atom is 0.416 e. The van der Waals surface area contributed by atoms with Gasteiger partial charge in [-0.15, -0.1) is 0 Å². The molecule has 0 radical (unpaired) electrons. The normalized spacial score (nSPS) is 13.6. The van der Waals surface area contributed by atoms with Crippen LogP contribution in [0.4, 0.5) is 13.2 Å². The van der Waals surface area contributed by atoms with Crippen LogP contribution in [0.15, 0.2) is 59.5 Å². The second kappa shape index (κ2) is 7.46. The van der Waals surface area contributed by atoms with Gasteiger partial charge in [-0.25, -0.2) is 8.42 Å². The summed E-state index contributed by atoms with van der Waals surface area (Å²) in [5, 5.41) is 9.42. The summed E-state index contributed by atoms with van der Waals surface area (Å²) in [6, 6.07) is 9.83. The van der Waals surface area contributed by atoms with E-state index in [1.165, 1.54) is 30.3 Å². The minimum Gasteiger partial charge on any atom is -0.480 e. The zero-order chi connectivity index (χ0) is 19.5. The van der Waals surface area contributed by atoms with Crippen LogP contribution < -0.4 is 0 Å². The number of likely N-dealkylation sites (N-methyl/N-ethyl adjacent to an activating group) is 1. The lowest BCUT2D eigenvalue weighted by Gasteiger charge is -2.24. The fraction of sp³-hybridized carbons (Fsp3) is 0.235. The molecule has 0 amide bonds. The van der Waals surface area contributed by atoms with Gasteiger partial charge in [-0.3, -0.25) is 4.79 Å². The Balaban J connectivity index is 2.34. The first-order valence-electron chi connectivity index (χ1n) is 7.45. The zero-order valence-electron chi connectivity index (χ0n) is 13.6. The van der Waals surface area contributed by atoms with Gasteiger partial charge in [0.25, 0.3) is 0 Å². The van der Waals surface area contributed by atoms with E-state index in [0.717, 1.165) is 25.2 Å². The summed E-state index contributed by atoms with van der Waals surface area (Å²) < 4.78 is 64.2. The molecule has 1 atom stereocenters. The average molecular weight is 387 g/mol. The molecule has 2 aromatic carbocycles. The number of aliphatic carboxylic acids is 1. The molecule has 0 heterocycles. The molecule has 0 unspecified atom stereocenters. The van der Waals surface area contributed by atoms with Gasteiger partial charge in [-0.05, 0) is 30.2 Å². The van der Waals surface area contributed by atoms with Crippen molar-refractivity contribution in [1.29, 1.82) is 0 Å². The van der Waals surface area contributed by atoms with Crippen LogP contribution in [-0.2, 0) is 27.4 Å². The van der Waals surface area contributed by atoms with Crippen molar-refractivity contribution < 1.29 is 31.5 Å². The molecule has 5 nitrogen and oxygen atoms in total. The number of carboxylic acids is 1. The van der Waals surface area contributed by atoms with Crippen LogP contribution in [-0.4, -0.2) is 36.9 Å². The van der Waals surface area contributed by atoms with Crippen molar-refractivity contribution in [3.63, 3.8) is 0 Å². The Morgan fingerprint density at radius 2 is 1.73 bits per heavy atom. The summed E-state index contributed by atoms with van der Waals surface area (Å²) in [4.78, 5) is 11.5. The largest absolute Gasteiger partial charge is 0.480 e. The molecule has 2 aromatic rings. The molecule has 0 spiro atoms. The van der Waals surface area contributed by atoms with E-state index in [2.05, 4.69) is 0 Å². The van der Waals surface area contributed by atoms with Gasteiger partial charge < -0.3 is 5.11 Å². The zero-order valence-corrected chi connectivity index (χ0v) is 14.5. The molecule has 0 aromatic heterocycles. The van der Waals surface area contributed by atoms with Gasteiger partial charge in [0.15, 0.2) is 0 Å². The summed E-state index contributed by atoms with van der Waals surface area (Å²) in [6.07, 6.45) is -4.97. The predicted octanol–water partition coefficient (Wildman–Crippen LogP) is 3.02. The lowest BCUT2D eigenvalue weighted by atomic mass is 10.0. The summed E-state index contributed by atoms with van der Waals surface area (Å²) >= 11 is 0. The molecule has 9 heteroatoms. The van der Waals surface area contributed by atoms with E-state index in [4.69, 9.17) is 0 Å². The molecule has 0 aliphatic rings. The van der Waals surface area contributed by atoms with E-state index < -0.39 is 40.2 Å². The van der Waals surface area contributed by atoms with Gasteiger partial charge in [0, 0.05) is 7.05 Å². The molecule has 2 rings (SSSR count). The van der Waals surface area contributed by atoms with Gasteiger partial charge >= 0.3 is 12.1 Å². The maximum absolute atomic E-state index is 12.8. The van der Waals surface area contributed by atoms with E-state index >= 15 is 0 Å². The summed E-state index contributed by atoms with van der Waals surface area (Å²) in [6.45, 7) is 0. The third kappa shape index (κ3) is 4.41. The molecule has 140 valence electrons. The lowest BCUT2D eigenvalue weighted by Crippen LogP contribution is -2.43. The second-order valence-corrected chi connectivity index (χ2v) is 7.59. The van der Waals surface area contributed by atoms with Crippen molar-refractivity contribution in [2.75, 3.05) is 7.05 Å². The first kappa shape index (κ1) is 19.9. The van der Waals surface area contributed by atoms with Crippen LogP contribution in [0.25, 0.3) is 0 Å². The number of carboxylic acid groups (broad SMARTS) is 1. The molecule has 0 saturated carbocycles. The van der Waals surface area contributed by atoms with Gasteiger partial charge in [0.2, 0.25) is 10.0 Å². The summed E-state index contributed by atoms with van der Waals surface area (Å²) in [5.74, 6) is -1.45. The highest BCUT2D eigenvalue weighted by Crippen LogP contribution is 2.30. The highest BCUT2D eigenvalue weighted by molar-refractivity contribution is 7.89. The Kier molecular flexibility index (Phi) is 5.72. The highest BCUT2D eigenvalue weighted by atomic mass is 32.2. The standard InChI is InChI=1S/C17H16F3NO4S/c1-21(26(24,25)14-8-3-2-4-9-14)15(16(22)23)11-12-6-5-7-13(10-12)17(18,19)20/h2-10,15H,11H2,1H3,(H,22,23)/t15-/m0/s1. The first-order chi connectivity index (χ1) is 12.0. The number of hydrogen-bond acceptors (Lipinski definition) is 3. The number of benzene rings is 2. The van der Waals surface area contributed by atoms with E-state index in [9.17, 15) is 31.5 Å². The fourth-order valence-corrected chi connectivity index (χ4v) is 3.73. The van der Waals surface area contributed by atoms with Crippen molar-refractivity contribution in [3.05, 3.63) is 65.7 Å². The molecule has 26 heavy (non-hydrogen) atoms. The van der Waals surface area contributed by atoms with Crippen LogP contribution in [0.5, 0.6) is 0 Å². The highest BCUT2D eigenvalue weighted by Gasteiger charge is 2.34. The Labute approximate surface area is 148 Å². The van der Waals surface area contributed by atoms with Crippen LogP contribution >= 0.6 is 0 Å². The van der Waals surface area contributed by atoms with Crippen molar-refractivity contribution in [2.24, 2.45) is 0 Å². The van der Waals surface area contributed by atoms with Crippen molar-refractivity contribution in [2.45, 2.75) is 23.5 Å². The Bertz CT molecular complexity index is 882. The number of alkyl halides is 3. The number of hydrogen-bond donors (Lipinski definition) is 1. The minimum absolute atomic E-state index is 0.0716. The lowest BCUT2D eigenvalue weighted by molar-refractivity contribution is -0.141. The minimum atomic E-state index is -4.57. The van der Waals surface area contributed by atoms with E-state index in [1.807, 2.05) is 0 Å². The van der Waals surface area contributed by atoms with E-state index in [1.54, 1.807) is 6.07 Å². The van der Waals surface area contributed by atoms with Crippen molar-refractivity contribution in [3.8, 4) is 0 Å². The molecular weight excluding hydrogens is 371 g/mol. The molecule has 0 aliphatic carbocycles. The SMILES string of the molecule is CN([C@@H](Cc1cccc(C(F)(F)F)c1)C(=O)O)S(=O)(=O)c1ccccc1. The van der Waals surface area contributed by atoms with Crippen molar-refractivity contribution in [1.82, 2.24) is 4.31 Å². The van der Waals surface area contributed by atoms with Crippen LogP contribution in [0.3, 0.4) is 0 Å². The number of halogens is 3. The summed E-state index contributed by atoms with van der Waals surface area (Å²) in [5.41, 5.74) is -0.852. The van der Waals surface area contributed by atoms with Gasteiger partial charge in [0.1, 0.15) is 6.04 Å². The van der Waals surface area contributed by atoms with Gasteiger partial charge in [0.05, 0.1) is 10.5 Å². The third-order valence-corrected chi connectivity index (χ3v) is 5.71. The van der Waals surface area contributed by atoms with E-state index in [0.29, 0.717) is 4.31 Å². The number of carbonyl (C=O) groups is 1.